The number of likely N-dealkylation sites (N-methyl/N-ethyl adjacent to an activating group) is 1. The van der Waals surface area contributed by atoms with Crippen molar-refractivity contribution in [1.82, 2.24) is 20.1 Å². The summed E-state index contributed by atoms with van der Waals surface area (Å²) >= 11 is 6.40. The molecule has 4 rings (SSSR count). The number of oxazole rings is 1. The van der Waals surface area contributed by atoms with Gasteiger partial charge < -0.3 is 4.42 Å². The number of fused-ring (bicyclic) bond motifs is 1. The van der Waals surface area contributed by atoms with Crippen LogP contribution in [-0.4, -0.2) is 32.3 Å². The molecule has 0 amide bonds. The van der Waals surface area contributed by atoms with Crippen molar-refractivity contribution < 1.29 is 8.99 Å². The standard InChI is InChI=1S/C18H19ClN6O/c1-10-11(2)20-17(22-18-21-13-7-5-6-8-14(13)26-18)25(4)16(10)15-12(19)9-24(3)23-15/h5-9,16H,1-4H3,(H,20,21,22)/p+1. The average Bonchev–Trinajstić information content (AvgIpc) is 3.15. The van der Waals surface area contributed by atoms with E-state index in [2.05, 4.69) is 27.6 Å². The normalized spacial score (nSPS) is 17.8. The minimum absolute atomic E-state index is 0.0863. The monoisotopic (exact) mass is 371 g/mol. The van der Waals surface area contributed by atoms with E-state index in [1.54, 1.807) is 4.68 Å². The van der Waals surface area contributed by atoms with Gasteiger partial charge in [0.1, 0.15) is 17.3 Å². The Kier molecular flexibility index (Phi) is 3.96. The first-order chi connectivity index (χ1) is 12.4. The summed E-state index contributed by atoms with van der Waals surface area (Å²) in [5, 5.41) is 11.8. The van der Waals surface area contributed by atoms with Gasteiger partial charge in [0.25, 0.3) is 0 Å². The summed E-state index contributed by atoms with van der Waals surface area (Å²) in [6, 6.07) is 8.00. The largest absolute Gasteiger partial charge is 0.412 e. The van der Waals surface area contributed by atoms with E-state index in [-0.39, 0.29) is 6.04 Å². The fraction of sp³-hybridized carbons (Fsp3) is 0.278. The smallest absolute Gasteiger partial charge is 0.365 e. The van der Waals surface area contributed by atoms with Crippen LogP contribution >= 0.6 is 11.6 Å². The van der Waals surface area contributed by atoms with Crippen LogP contribution in [0.15, 0.2) is 46.1 Å². The second-order valence-corrected chi connectivity index (χ2v) is 6.85. The highest BCUT2D eigenvalue weighted by atomic mass is 35.5. The third kappa shape index (κ3) is 2.74. The molecule has 0 saturated carbocycles. The molecule has 0 radical (unpaired) electrons. The Morgan fingerprint density at radius 1 is 1.31 bits per heavy atom. The Morgan fingerprint density at radius 3 is 2.77 bits per heavy atom. The van der Waals surface area contributed by atoms with Gasteiger partial charge in [-0.05, 0) is 26.0 Å². The molecule has 1 aromatic carbocycles. The Labute approximate surface area is 156 Å². The maximum Gasteiger partial charge on any atom is 0.365 e. The molecule has 0 aliphatic carbocycles. The van der Waals surface area contributed by atoms with Crippen LogP contribution in [0.2, 0.25) is 5.02 Å². The van der Waals surface area contributed by atoms with E-state index in [0.29, 0.717) is 11.0 Å². The molecule has 3 heterocycles. The van der Waals surface area contributed by atoms with Gasteiger partial charge in [-0.1, -0.05) is 23.7 Å². The summed E-state index contributed by atoms with van der Waals surface area (Å²) in [6.07, 6.45) is 1.81. The summed E-state index contributed by atoms with van der Waals surface area (Å²) in [6.45, 7) is 4.10. The van der Waals surface area contributed by atoms with E-state index in [9.17, 15) is 0 Å². The maximum absolute atomic E-state index is 6.40. The highest BCUT2D eigenvalue weighted by Crippen LogP contribution is 2.32. The second-order valence-electron chi connectivity index (χ2n) is 6.44. The molecule has 2 N–H and O–H groups in total. The molecule has 0 bridgehead atoms. The molecule has 1 aliphatic heterocycles. The van der Waals surface area contributed by atoms with Crippen molar-refractivity contribution in [2.24, 2.45) is 7.05 Å². The Hall–Kier alpha value is -2.80. The molecular weight excluding hydrogens is 352 g/mol. The molecule has 1 unspecified atom stereocenters. The van der Waals surface area contributed by atoms with Crippen LogP contribution in [0.25, 0.3) is 11.1 Å². The Bertz CT molecular complexity index is 1030. The van der Waals surface area contributed by atoms with Crippen LogP contribution in [0.3, 0.4) is 0 Å². The zero-order valence-corrected chi connectivity index (χ0v) is 15.8. The number of benzene rings is 1. The lowest BCUT2D eigenvalue weighted by molar-refractivity contribution is -0.539. The van der Waals surface area contributed by atoms with E-state index in [1.165, 1.54) is 0 Å². The van der Waals surface area contributed by atoms with Gasteiger partial charge in [0.15, 0.2) is 5.58 Å². The van der Waals surface area contributed by atoms with Gasteiger partial charge in [-0.15, -0.1) is 0 Å². The third-order valence-corrected chi connectivity index (χ3v) is 4.93. The van der Waals surface area contributed by atoms with Crippen molar-refractivity contribution in [3.8, 4) is 0 Å². The first kappa shape index (κ1) is 16.7. The van der Waals surface area contributed by atoms with E-state index in [1.807, 2.05) is 56.1 Å². The Balaban J connectivity index is 1.74. The van der Waals surface area contributed by atoms with Crippen LogP contribution in [0, 0.1) is 0 Å². The summed E-state index contributed by atoms with van der Waals surface area (Å²) in [7, 11) is 3.84. The topological polar surface area (TPSA) is 70.9 Å². The summed E-state index contributed by atoms with van der Waals surface area (Å²) < 4.78 is 9.55. The fourth-order valence-corrected chi connectivity index (χ4v) is 3.47. The molecule has 1 aliphatic rings. The molecule has 0 fully saturated rings. The molecule has 7 nitrogen and oxygen atoms in total. The number of hydrogen-bond donors (Lipinski definition) is 2. The van der Waals surface area contributed by atoms with Gasteiger partial charge >= 0.3 is 12.0 Å². The molecule has 2 aromatic heterocycles. The van der Waals surface area contributed by atoms with Gasteiger partial charge in [-0.2, -0.15) is 15.4 Å². The molecular formula is C18H20ClN6O+. The molecule has 134 valence electrons. The maximum atomic E-state index is 6.40. The molecule has 3 aromatic rings. The highest BCUT2D eigenvalue weighted by molar-refractivity contribution is 6.31. The third-order valence-electron chi connectivity index (χ3n) is 4.64. The molecule has 0 saturated heterocycles. The lowest BCUT2D eigenvalue weighted by atomic mass is 10.0. The van der Waals surface area contributed by atoms with Crippen molar-refractivity contribution in [2.75, 3.05) is 12.4 Å². The van der Waals surface area contributed by atoms with E-state index in [4.69, 9.17) is 16.0 Å². The highest BCUT2D eigenvalue weighted by Gasteiger charge is 2.33. The Morgan fingerprint density at radius 2 is 2.08 bits per heavy atom. The number of aryl methyl sites for hydroxylation is 1. The first-order valence-corrected chi connectivity index (χ1v) is 8.67. The van der Waals surface area contributed by atoms with E-state index < -0.39 is 0 Å². The number of rotatable bonds is 2. The van der Waals surface area contributed by atoms with E-state index >= 15 is 0 Å². The summed E-state index contributed by atoms with van der Waals surface area (Å²) in [5.74, 6) is 0.756. The van der Waals surface area contributed by atoms with Crippen molar-refractivity contribution in [2.45, 2.75) is 19.9 Å². The fourth-order valence-electron chi connectivity index (χ4n) is 3.19. The number of nitrogens with one attached hydrogen (secondary N) is 2. The minimum Gasteiger partial charge on any atom is -0.412 e. The summed E-state index contributed by atoms with van der Waals surface area (Å²) in [5.41, 5.74) is 4.54. The molecule has 1 atom stereocenters. The van der Waals surface area contributed by atoms with Crippen molar-refractivity contribution in [3.05, 3.63) is 52.4 Å². The lowest BCUT2D eigenvalue weighted by Gasteiger charge is -2.25. The van der Waals surface area contributed by atoms with Gasteiger partial charge in [0.2, 0.25) is 0 Å². The zero-order chi connectivity index (χ0) is 18.4. The molecule has 8 heteroatoms. The number of aromatic nitrogens is 3. The number of nitrogens with zero attached hydrogens (tertiary/aromatic N) is 4. The van der Waals surface area contributed by atoms with Gasteiger partial charge in [0.05, 0.1) is 17.8 Å². The van der Waals surface area contributed by atoms with Crippen LogP contribution in [0.1, 0.15) is 25.6 Å². The number of halogens is 1. The minimum atomic E-state index is -0.0863. The van der Waals surface area contributed by atoms with Gasteiger partial charge in [0, 0.05) is 18.8 Å². The summed E-state index contributed by atoms with van der Waals surface area (Å²) in [4.78, 5) is 4.48. The number of guanidine groups is 1. The predicted molar refractivity (Wildman–Crippen MR) is 101 cm³/mol. The van der Waals surface area contributed by atoms with Crippen molar-refractivity contribution in [1.29, 1.82) is 0 Å². The quantitative estimate of drug-likeness (QED) is 0.676. The number of para-hydroxylation sites is 2. The van der Waals surface area contributed by atoms with Gasteiger partial charge in [-0.25, -0.2) is 5.32 Å². The van der Waals surface area contributed by atoms with Gasteiger partial charge in [-0.3, -0.25) is 9.26 Å². The first-order valence-electron chi connectivity index (χ1n) is 8.30. The van der Waals surface area contributed by atoms with Crippen LogP contribution in [0.4, 0.5) is 6.01 Å². The van der Waals surface area contributed by atoms with Crippen LogP contribution < -0.4 is 10.6 Å². The SMILES string of the molecule is CC1=C(C)C(c2nn(C)cc2Cl)[N+](C)=C(Nc2nc3ccccc3o2)N1. The molecule has 0 spiro atoms. The van der Waals surface area contributed by atoms with Crippen molar-refractivity contribution in [3.63, 3.8) is 0 Å². The number of anilines is 1. The van der Waals surface area contributed by atoms with E-state index in [0.717, 1.165) is 34.0 Å². The number of allylic oxidation sites excluding steroid dienone is 1. The van der Waals surface area contributed by atoms with Crippen LogP contribution in [-0.2, 0) is 7.05 Å². The van der Waals surface area contributed by atoms with Crippen LogP contribution in [0.5, 0.6) is 0 Å². The van der Waals surface area contributed by atoms with Crippen molar-refractivity contribution >= 4 is 34.7 Å². The lowest BCUT2D eigenvalue weighted by Crippen LogP contribution is -2.43. The number of hydrogen-bond acceptors (Lipinski definition) is 5. The second kappa shape index (κ2) is 6.17. The average molecular weight is 372 g/mol. The molecule has 26 heavy (non-hydrogen) atoms. The zero-order valence-electron chi connectivity index (χ0n) is 15.0. The predicted octanol–water partition coefficient (Wildman–Crippen LogP) is 3.26.